The van der Waals surface area contributed by atoms with Gasteiger partial charge in [0.2, 0.25) is 10.0 Å². The van der Waals surface area contributed by atoms with Gasteiger partial charge >= 0.3 is 0 Å². The second kappa shape index (κ2) is 6.86. The van der Waals surface area contributed by atoms with Gasteiger partial charge in [0, 0.05) is 35.8 Å². The number of benzene rings is 1. The van der Waals surface area contributed by atoms with Gasteiger partial charge in [0.05, 0.1) is 4.92 Å². The Hall–Kier alpha value is -1.97. The van der Waals surface area contributed by atoms with E-state index >= 15 is 0 Å². The zero-order chi connectivity index (χ0) is 16.2. The lowest BCUT2D eigenvalue weighted by Crippen LogP contribution is -2.28. The summed E-state index contributed by atoms with van der Waals surface area (Å²) >= 11 is 1.22. The van der Waals surface area contributed by atoms with E-state index in [9.17, 15) is 18.5 Å². The Morgan fingerprint density at radius 3 is 2.36 bits per heavy atom. The van der Waals surface area contributed by atoms with Crippen LogP contribution in [0.2, 0.25) is 0 Å². The summed E-state index contributed by atoms with van der Waals surface area (Å²) in [6.45, 7) is 2.44. The molecule has 2 aromatic rings. The Morgan fingerprint density at radius 2 is 1.82 bits per heavy atom. The van der Waals surface area contributed by atoms with Crippen molar-refractivity contribution in [2.24, 2.45) is 0 Å². The minimum Gasteiger partial charge on any atom is -0.384 e. The molecule has 0 saturated carbocycles. The highest BCUT2D eigenvalue weighted by molar-refractivity contribution is 7.91. The smallest absolute Gasteiger partial charge is 0.269 e. The number of hydrogen-bond acceptors (Lipinski definition) is 6. The molecule has 1 heterocycles. The Labute approximate surface area is 132 Å². The first-order valence-electron chi connectivity index (χ1n) is 6.43. The molecule has 0 amide bonds. The molecule has 2 rings (SSSR count). The predicted molar refractivity (Wildman–Crippen MR) is 85.8 cm³/mol. The zero-order valence-electron chi connectivity index (χ0n) is 11.8. The van der Waals surface area contributed by atoms with E-state index in [1.54, 1.807) is 24.3 Å². The molecule has 118 valence electrons. The molecular formula is C13H15N3O4S2. The monoisotopic (exact) mass is 341 g/mol. The van der Waals surface area contributed by atoms with Crippen molar-refractivity contribution in [3.05, 3.63) is 51.4 Å². The fourth-order valence-electron chi connectivity index (χ4n) is 1.72. The van der Waals surface area contributed by atoms with Gasteiger partial charge in [-0.3, -0.25) is 10.1 Å². The molecule has 0 aliphatic rings. The molecular weight excluding hydrogens is 326 g/mol. The number of non-ortho nitro benzene ring substituents is 1. The van der Waals surface area contributed by atoms with Gasteiger partial charge in [-0.25, -0.2) is 13.1 Å². The first kappa shape index (κ1) is 16.4. The molecule has 0 aliphatic carbocycles. The molecule has 1 aromatic carbocycles. The van der Waals surface area contributed by atoms with Crippen LogP contribution < -0.4 is 10.0 Å². The van der Waals surface area contributed by atoms with E-state index in [1.807, 2.05) is 6.92 Å². The number of nitro groups is 1. The first-order chi connectivity index (χ1) is 10.4. The van der Waals surface area contributed by atoms with E-state index in [2.05, 4.69) is 10.0 Å². The Balaban J connectivity index is 1.83. The molecule has 2 N–H and O–H groups in total. The maximum atomic E-state index is 12.0. The molecule has 0 atom stereocenters. The van der Waals surface area contributed by atoms with Crippen LogP contribution in [-0.4, -0.2) is 26.4 Å². The number of anilines is 1. The van der Waals surface area contributed by atoms with Crippen LogP contribution in [0.4, 0.5) is 11.4 Å². The summed E-state index contributed by atoms with van der Waals surface area (Å²) in [6, 6.07) is 9.27. The van der Waals surface area contributed by atoms with Gasteiger partial charge in [-0.05, 0) is 31.2 Å². The molecule has 7 nitrogen and oxygen atoms in total. The van der Waals surface area contributed by atoms with Gasteiger partial charge in [0.1, 0.15) is 4.21 Å². The summed E-state index contributed by atoms with van der Waals surface area (Å²) in [5.41, 5.74) is 0.705. The minimum atomic E-state index is -3.47. The highest BCUT2D eigenvalue weighted by Gasteiger charge is 2.15. The topological polar surface area (TPSA) is 101 Å². The molecule has 0 saturated heterocycles. The van der Waals surface area contributed by atoms with Crippen LogP contribution in [0.3, 0.4) is 0 Å². The number of thiophene rings is 1. The van der Waals surface area contributed by atoms with Crippen LogP contribution in [0, 0.1) is 17.0 Å². The van der Waals surface area contributed by atoms with Crippen molar-refractivity contribution in [3.8, 4) is 0 Å². The molecule has 9 heteroatoms. The van der Waals surface area contributed by atoms with Crippen LogP contribution in [0.5, 0.6) is 0 Å². The lowest BCUT2D eigenvalue weighted by atomic mass is 10.3. The van der Waals surface area contributed by atoms with E-state index in [0.29, 0.717) is 16.4 Å². The molecule has 0 unspecified atom stereocenters. The van der Waals surface area contributed by atoms with Gasteiger partial charge in [-0.1, -0.05) is 0 Å². The fraction of sp³-hybridized carbons (Fsp3) is 0.231. The second-order valence-corrected chi connectivity index (χ2v) is 7.78. The van der Waals surface area contributed by atoms with Gasteiger partial charge in [0.25, 0.3) is 5.69 Å². The summed E-state index contributed by atoms with van der Waals surface area (Å²) in [4.78, 5) is 11.0. The van der Waals surface area contributed by atoms with Crippen LogP contribution >= 0.6 is 11.3 Å². The van der Waals surface area contributed by atoms with Gasteiger partial charge in [0.15, 0.2) is 0 Å². The maximum absolute atomic E-state index is 12.0. The molecule has 1 aromatic heterocycles. The van der Waals surface area contributed by atoms with E-state index < -0.39 is 14.9 Å². The van der Waals surface area contributed by atoms with E-state index in [-0.39, 0.29) is 12.2 Å². The number of nitrogens with zero attached hydrogens (tertiary/aromatic N) is 1. The number of hydrogen-bond donors (Lipinski definition) is 2. The SMILES string of the molecule is Cc1ccc(S(=O)(=O)NCCNc2ccc([N+](=O)[O-])cc2)s1. The summed E-state index contributed by atoms with van der Waals surface area (Å²) in [5, 5.41) is 13.5. The lowest BCUT2D eigenvalue weighted by molar-refractivity contribution is -0.384. The average Bonchev–Trinajstić information content (AvgIpc) is 2.92. The first-order valence-corrected chi connectivity index (χ1v) is 8.73. The highest BCUT2D eigenvalue weighted by Crippen LogP contribution is 2.20. The van der Waals surface area contributed by atoms with Crippen LogP contribution in [0.25, 0.3) is 0 Å². The minimum absolute atomic E-state index is 0.0133. The third-order valence-electron chi connectivity index (χ3n) is 2.80. The standard InChI is InChI=1S/C13H15N3O4S2/c1-10-2-7-13(21-10)22(19,20)15-9-8-14-11-3-5-12(6-4-11)16(17)18/h2-7,14-15H,8-9H2,1H3. The van der Waals surface area contributed by atoms with Crippen molar-refractivity contribution < 1.29 is 13.3 Å². The van der Waals surface area contributed by atoms with E-state index in [0.717, 1.165) is 4.88 Å². The fourth-order valence-corrected chi connectivity index (χ4v) is 4.08. The molecule has 0 fully saturated rings. The number of sulfonamides is 1. The lowest BCUT2D eigenvalue weighted by Gasteiger charge is -2.07. The van der Waals surface area contributed by atoms with Crippen LogP contribution in [0.15, 0.2) is 40.6 Å². The van der Waals surface area contributed by atoms with Crippen molar-refractivity contribution in [2.45, 2.75) is 11.1 Å². The predicted octanol–water partition coefficient (Wildman–Crippen LogP) is 2.36. The molecule has 22 heavy (non-hydrogen) atoms. The van der Waals surface area contributed by atoms with Gasteiger partial charge < -0.3 is 5.32 Å². The highest BCUT2D eigenvalue weighted by atomic mass is 32.2. The maximum Gasteiger partial charge on any atom is 0.269 e. The third kappa shape index (κ3) is 4.26. The summed E-state index contributed by atoms with van der Waals surface area (Å²) in [6.07, 6.45) is 0. The molecule has 0 bridgehead atoms. The third-order valence-corrected chi connectivity index (χ3v) is 5.76. The van der Waals surface area contributed by atoms with Crippen molar-refractivity contribution in [2.75, 3.05) is 18.4 Å². The Kier molecular flexibility index (Phi) is 5.11. The molecule has 0 aliphatic heterocycles. The van der Waals surface area contributed by atoms with Crippen LogP contribution in [-0.2, 0) is 10.0 Å². The van der Waals surface area contributed by atoms with Gasteiger partial charge in [-0.2, -0.15) is 0 Å². The average molecular weight is 341 g/mol. The van der Waals surface area contributed by atoms with E-state index in [1.165, 1.54) is 23.5 Å². The summed E-state index contributed by atoms with van der Waals surface area (Å²) in [7, 11) is -3.47. The normalized spacial score (nSPS) is 11.3. The molecule has 0 radical (unpaired) electrons. The number of aryl methyl sites for hydroxylation is 1. The number of nitrogens with one attached hydrogen (secondary N) is 2. The van der Waals surface area contributed by atoms with Crippen molar-refractivity contribution in [3.63, 3.8) is 0 Å². The summed E-state index contributed by atoms with van der Waals surface area (Å²) in [5.74, 6) is 0. The summed E-state index contributed by atoms with van der Waals surface area (Å²) < 4.78 is 26.7. The quantitative estimate of drug-likeness (QED) is 0.457. The largest absolute Gasteiger partial charge is 0.384 e. The van der Waals surface area contributed by atoms with Gasteiger partial charge in [-0.15, -0.1) is 11.3 Å². The van der Waals surface area contributed by atoms with Crippen molar-refractivity contribution in [1.82, 2.24) is 4.72 Å². The van der Waals surface area contributed by atoms with Crippen LogP contribution in [0.1, 0.15) is 4.88 Å². The van der Waals surface area contributed by atoms with Crippen molar-refractivity contribution in [1.29, 1.82) is 0 Å². The second-order valence-electron chi connectivity index (χ2n) is 4.49. The zero-order valence-corrected chi connectivity index (χ0v) is 13.4. The Morgan fingerprint density at radius 1 is 1.14 bits per heavy atom. The Bertz CT molecular complexity index is 754. The molecule has 0 spiro atoms. The van der Waals surface area contributed by atoms with Crippen molar-refractivity contribution >= 4 is 32.7 Å². The van der Waals surface area contributed by atoms with E-state index in [4.69, 9.17) is 0 Å². The number of rotatable bonds is 7. The number of nitro benzene ring substituents is 1.